The Kier molecular flexibility index (Phi) is 5.89. The molecule has 1 N–H and O–H groups in total. The molecular weight excluding hydrogens is 322 g/mol. The fourth-order valence-electron chi connectivity index (χ4n) is 2.26. The summed E-state index contributed by atoms with van der Waals surface area (Å²) in [5, 5.41) is 2.66. The largest absolute Gasteiger partial charge is 0.465 e. The molecule has 2 aromatic rings. The van der Waals surface area contributed by atoms with E-state index in [1.54, 1.807) is 49.4 Å². The summed E-state index contributed by atoms with van der Waals surface area (Å²) in [6, 6.07) is 11.7. The lowest BCUT2D eigenvalue weighted by Crippen LogP contribution is -2.14. The van der Waals surface area contributed by atoms with Crippen LogP contribution in [0.15, 0.2) is 42.5 Å². The Bertz CT molecular complexity index is 796. The highest BCUT2D eigenvalue weighted by Crippen LogP contribution is 2.22. The van der Waals surface area contributed by atoms with Crippen LogP contribution in [0.3, 0.4) is 0 Å². The van der Waals surface area contributed by atoms with Crippen LogP contribution in [0.1, 0.15) is 38.8 Å². The monoisotopic (exact) mass is 341 g/mol. The van der Waals surface area contributed by atoms with E-state index in [1.165, 1.54) is 14.0 Å². The summed E-state index contributed by atoms with van der Waals surface area (Å²) in [5.74, 6) is -1.23. The number of carbonyl (C=O) groups excluding carboxylic acids is 3. The van der Waals surface area contributed by atoms with Crippen LogP contribution >= 0.6 is 0 Å². The number of para-hydroxylation sites is 1. The van der Waals surface area contributed by atoms with Crippen molar-refractivity contribution >= 4 is 23.5 Å². The molecule has 6 heteroatoms. The number of hydrogen-bond acceptors (Lipinski definition) is 5. The highest BCUT2D eigenvalue weighted by Gasteiger charge is 2.16. The first kappa shape index (κ1) is 18.2. The quantitative estimate of drug-likeness (QED) is 0.845. The normalized spacial score (nSPS) is 10.0. The molecule has 0 bridgehead atoms. The summed E-state index contributed by atoms with van der Waals surface area (Å²) in [7, 11) is 1.31. The average molecular weight is 341 g/mol. The van der Waals surface area contributed by atoms with Crippen molar-refractivity contribution in [2.75, 3.05) is 12.4 Å². The topological polar surface area (TPSA) is 81.7 Å². The van der Waals surface area contributed by atoms with Gasteiger partial charge in [0.2, 0.25) is 5.91 Å². The third-order valence-electron chi connectivity index (χ3n) is 3.54. The first-order valence-electron chi connectivity index (χ1n) is 7.64. The smallest absolute Gasteiger partial charge is 0.340 e. The Morgan fingerprint density at radius 3 is 2.28 bits per heavy atom. The van der Waals surface area contributed by atoms with Crippen molar-refractivity contribution in [3.63, 3.8) is 0 Å². The molecule has 0 unspecified atom stereocenters. The number of carbonyl (C=O) groups is 3. The van der Waals surface area contributed by atoms with Gasteiger partial charge in [0, 0.05) is 6.92 Å². The minimum absolute atomic E-state index is 0.0493. The molecule has 0 radical (unpaired) electrons. The van der Waals surface area contributed by atoms with Gasteiger partial charge in [0.05, 0.1) is 23.9 Å². The Labute approximate surface area is 145 Å². The average Bonchev–Trinajstić information content (AvgIpc) is 2.60. The summed E-state index contributed by atoms with van der Waals surface area (Å²) in [5.41, 5.74) is 2.66. The van der Waals surface area contributed by atoms with Crippen molar-refractivity contribution < 1.29 is 23.9 Å². The Morgan fingerprint density at radius 2 is 1.68 bits per heavy atom. The number of ether oxygens (including phenoxy) is 2. The van der Waals surface area contributed by atoms with Crippen molar-refractivity contribution in [1.29, 1.82) is 0 Å². The molecule has 25 heavy (non-hydrogen) atoms. The van der Waals surface area contributed by atoms with Crippen molar-refractivity contribution in [3.05, 3.63) is 64.7 Å². The Morgan fingerprint density at radius 1 is 1.00 bits per heavy atom. The van der Waals surface area contributed by atoms with Crippen LogP contribution in [-0.2, 0) is 20.9 Å². The van der Waals surface area contributed by atoms with Crippen molar-refractivity contribution in [2.24, 2.45) is 0 Å². The van der Waals surface area contributed by atoms with E-state index in [0.717, 1.165) is 11.1 Å². The predicted octanol–water partition coefficient (Wildman–Crippen LogP) is 3.10. The molecule has 0 aliphatic carbocycles. The van der Waals surface area contributed by atoms with Gasteiger partial charge in [-0.25, -0.2) is 9.59 Å². The van der Waals surface area contributed by atoms with Gasteiger partial charge in [-0.1, -0.05) is 24.3 Å². The number of esters is 2. The molecule has 0 saturated heterocycles. The molecule has 0 aromatic heterocycles. The van der Waals surface area contributed by atoms with Gasteiger partial charge in [-0.05, 0) is 36.2 Å². The van der Waals surface area contributed by atoms with Gasteiger partial charge in [-0.2, -0.15) is 0 Å². The predicted molar refractivity (Wildman–Crippen MR) is 92.4 cm³/mol. The Hall–Kier alpha value is -3.15. The lowest BCUT2D eigenvalue weighted by Gasteiger charge is -2.12. The van der Waals surface area contributed by atoms with E-state index < -0.39 is 11.9 Å². The zero-order valence-electron chi connectivity index (χ0n) is 14.3. The SMILES string of the molecule is COC(=O)c1ccc(COC(=O)c2cccc(C)c2NC(C)=O)cc1. The van der Waals surface area contributed by atoms with Crippen LogP contribution in [0, 0.1) is 6.92 Å². The molecule has 2 aromatic carbocycles. The number of anilines is 1. The molecule has 0 fully saturated rings. The van der Waals surface area contributed by atoms with Crippen LogP contribution in [0.5, 0.6) is 0 Å². The zero-order chi connectivity index (χ0) is 18.4. The minimum atomic E-state index is -0.538. The van der Waals surface area contributed by atoms with Gasteiger partial charge >= 0.3 is 11.9 Å². The number of aryl methyl sites for hydroxylation is 1. The van der Waals surface area contributed by atoms with Gasteiger partial charge < -0.3 is 14.8 Å². The van der Waals surface area contributed by atoms with Crippen LogP contribution < -0.4 is 5.32 Å². The second kappa shape index (κ2) is 8.10. The molecule has 0 spiro atoms. The fraction of sp³-hybridized carbons (Fsp3) is 0.211. The van der Waals surface area contributed by atoms with Gasteiger partial charge in [0.25, 0.3) is 0 Å². The maximum Gasteiger partial charge on any atom is 0.340 e. The van der Waals surface area contributed by atoms with E-state index in [4.69, 9.17) is 4.74 Å². The summed E-state index contributed by atoms with van der Waals surface area (Å²) < 4.78 is 9.94. The molecule has 1 amide bonds. The number of methoxy groups -OCH3 is 1. The minimum Gasteiger partial charge on any atom is -0.465 e. The second-order valence-electron chi connectivity index (χ2n) is 5.44. The summed E-state index contributed by atoms with van der Waals surface area (Å²) >= 11 is 0. The number of benzene rings is 2. The first-order chi connectivity index (χ1) is 11.9. The standard InChI is InChI=1S/C19H19NO5/c1-12-5-4-6-16(17(12)20-13(2)21)19(23)25-11-14-7-9-15(10-8-14)18(22)24-3/h4-10H,11H2,1-3H3,(H,20,21). The fourth-order valence-corrected chi connectivity index (χ4v) is 2.26. The van der Waals surface area contributed by atoms with Gasteiger partial charge in [-0.15, -0.1) is 0 Å². The molecule has 0 atom stereocenters. The number of amides is 1. The summed E-state index contributed by atoms with van der Waals surface area (Å²) in [6.07, 6.45) is 0. The summed E-state index contributed by atoms with van der Waals surface area (Å²) in [6.45, 7) is 3.23. The van der Waals surface area contributed by atoms with Crippen molar-refractivity contribution in [3.8, 4) is 0 Å². The van der Waals surface area contributed by atoms with Crippen molar-refractivity contribution in [1.82, 2.24) is 0 Å². The van der Waals surface area contributed by atoms with Crippen LogP contribution in [0.2, 0.25) is 0 Å². The van der Waals surface area contributed by atoms with Crippen molar-refractivity contribution in [2.45, 2.75) is 20.5 Å². The lowest BCUT2D eigenvalue weighted by molar-refractivity contribution is -0.114. The molecule has 0 saturated carbocycles. The molecule has 130 valence electrons. The highest BCUT2D eigenvalue weighted by molar-refractivity contribution is 6.01. The summed E-state index contributed by atoms with van der Waals surface area (Å²) in [4.78, 5) is 35.1. The van der Waals surface area contributed by atoms with Gasteiger partial charge in [0.15, 0.2) is 0 Å². The first-order valence-corrected chi connectivity index (χ1v) is 7.64. The van der Waals surface area contributed by atoms with E-state index >= 15 is 0 Å². The molecule has 0 heterocycles. The van der Waals surface area contributed by atoms with E-state index in [9.17, 15) is 14.4 Å². The second-order valence-corrected chi connectivity index (χ2v) is 5.44. The third kappa shape index (κ3) is 4.67. The molecular formula is C19H19NO5. The molecule has 6 nitrogen and oxygen atoms in total. The maximum atomic E-state index is 12.3. The molecule has 0 aliphatic rings. The number of rotatable bonds is 5. The van der Waals surface area contributed by atoms with E-state index in [0.29, 0.717) is 16.8 Å². The molecule has 2 rings (SSSR count). The van der Waals surface area contributed by atoms with Crippen LogP contribution in [0.4, 0.5) is 5.69 Å². The zero-order valence-corrected chi connectivity index (χ0v) is 14.3. The van der Waals surface area contributed by atoms with Gasteiger partial charge in [0.1, 0.15) is 6.61 Å². The number of hydrogen-bond donors (Lipinski definition) is 1. The van der Waals surface area contributed by atoms with Crippen LogP contribution in [0.25, 0.3) is 0 Å². The highest BCUT2D eigenvalue weighted by atomic mass is 16.5. The lowest BCUT2D eigenvalue weighted by atomic mass is 10.1. The van der Waals surface area contributed by atoms with Gasteiger partial charge in [-0.3, -0.25) is 4.79 Å². The van der Waals surface area contributed by atoms with E-state index in [-0.39, 0.29) is 12.5 Å². The van der Waals surface area contributed by atoms with Crippen LogP contribution in [-0.4, -0.2) is 25.0 Å². The maximum absolute atomic E-state index is 12.3. The molecule has 0 aliphatic heterocycles. The van der Waals surface area contributed by atoms with E-state index in [2.05, 4.69) is 10.1 Å². The number of nitrogens with one attached hydrogen (secondary N) is 1. The van der Waals surface area contributed by atoms with E-state index in [1.807, 2.05) is 0 Å². The Balaban J connectivity index is 2.09. The third-order valence-corrected chi connectivity index (χ3v) is 3.54.